The molecule has 31 heavy (non-hydrogen) atoms. The van der Waals surface area contributed by atoms with Gasteiger partial charge in [0.15, 0.2) is 22.3 Å². The summed E-state index contributed by atoms with van der Waals surface area (Å²) in [5.74, 6) is 1.16. The molecule has 0 radical (unpaired) electrons. The van der Waals surface area contributed by atoms with E-state index in [2.05, 4.69) is 0 Å². The van der Waals surface area contributed by atoms with E-state index in [1.165, 1.54) is 0 Å². The normalized spacial score (nSPS) is 21.9. The summed E-state index contributed by atoms with van der Waals surface area (Å²) in [6.45, 7) is 2.01. The summed E-state index contributed by atoms with van der Waals surface area (Å²) in [5.41, 5.74) is 1.60. The summed E-state index contributed by atoms with van der Waals surface area (Å²) in [6.07, 6.45) is 0.570. The van der Waals surface area contributed by atoms with Crippen molar-refractivity contribution in [2.24, 2.45) is 0 Å². The molecule has 2 bridgehead atoms. The number of methoxy groups -OCH3 is 1. The smallest absolute Gasteiger partial charge is 0.260 e. The Morgan fingerprint density at radius 3 is 2.39 bits per heavy atom. The van der Waals surface area contributed by atoms with Gasteiger partial charge in [0.2, 0.25) is 0 Å². The van der Waals surface area contributed by atoms with Crippen LogP contribution in [0.3, 0.4) is 0 Å². The van der Waals surface area contributed by atoms with Crippen molar-refractivity contribution in [2.45, 2.75) is 25.1 Å². The number of rotatable bonds is 3. The lowest BCUT2D eigenvalue weighted by molar-refractivity contribution is 0.0162. The minimum Gasteiger partial charge on any atom is -0.493 e. The van der Waals surface area contributed by atoms with Crippen molar-refractivity contribution in [2.75, 3.05) is 12.0 Å². The molecule has 0 spiro atoms. The fourth-order valence-corrected chi connectivity index (χ4v) is 5.02. The number of benzene rings is 3. The van der Waals surface area contributed by atoms with Crippen LogP contribution in [0.1, 0.15) is 35.3 Å². The van der Waals surface area contributed by atoms with Crippen LogP contribution in [0.25, 0.3) is 0 Å². The van der Waals surface area contributed by atoms with E-state index in [9.17, 15) is 4.79 Å². The highest BCUT2D eigenvalue weighted by Gasteiger charge is 2.54. The molecule has 0 aliphatic carbocycles. The third-order valence-electron chi connectivity index (χ3n) is 5.92. The Labute approximate surface area is 186 Å². The van der Waals surface area contributed by atoms with Gasteiger partial charge in [0, 0.05) is 23.2 Å². The first-order valence-electron chi connectivity index (χ1n) is 10.2. The number of nitrogens with zero attached hydrogens (tertiary/aromatic N) is 2. The van der Waals surface area contributed by atoms with E-state index in [1.54, 1.807) is 12.0 Å². The molecule has 0 N–H and O–H groups in total. The number of carbonyl (C=O) groups excluding carboxylic acids is 1. The third kappa shape index (κ3) is 3.06. The monoisotopic (exact) mass is 430 g/mol. The first kappa shape index (κ1) is 19.6. The van der Waals surface area contributed by atoms with Gasteiger partial charge in [-0.2, -0.15) is 0 Å². The molecule has 1 amide bonds. The SMILES string of the molecule is COc1cccc2c1OC1(C)CC2N(C(=O)c2ccccc2)C(=S)N1c1ccccc1. The van der Waals surface area contributed by atoms with Gasteiger partial charge >= 0.3 is 0 Å². The van der Waals surface area contributed by atoms with Crippen LogP contribution in [-0.4, -0.2) is 28.8 Å². The molecule has 0 aromatic heterocycles. The molecule has 1 fully saturated rings. The molecule has 2 atom stereocenters. The zero-order valence-corrected chi connectivity index (χ0v) is 18.1. The second kappa shape index (κ2) is 7.39. The summed E-state index contributed by atoms with van der Waals surface area (Å²) >= 11 is 5.94. The minimum absolute atomic E-state index is 0.130. The molecular weight excluding hydrogens is 408 g/mol. The summed E-state index contributed by atoms with van der Waals surface area (Å²) in [4.78, 5) is 17.4. The van der Waals surface area contributed by atoms with E-state index in [0.717, 1.165) is 11.3 Å². The van der Waals surface area contributed by atoms with Crippen LogP contribution in [0.4, 0.5) is 5.69 Å². The van der Waals surface area contributed by atoms with Crippen molar-refractivity contribution in [3.05, 3.63) is 90.0 Å². The van der Waals surface area contributed by atoms with Crippen LogP contribution in [0.15, 0.2) is 78.9 Å². The summed E-state index contributed by atoms with van der Waals surface area (Å²) in [7, 11) is 1.62. The Bertz CT molecular complexity index is 1150. The van der Waals surface area contributed by atoms with E-state index >= 15 is 0 Å². The molecule has 156 valence electrons. The van der Waals surface area contributed by atoms with Gasteiger partial charge in [0.25, 0.3) is 5.91 Å². The third-order valence-corrected chi connectivity index (χ3v) is 6.30. The van der Waals surface area contributed by atoms with Crippen LogP contribution >= 0.6 is 12.2 Å². The lowest BCUT2D eigenvalue weighted by Crippen LogP contribution is -2.67. The van der Waals surface area contributed by atoms with Gasteiger partial charge in [0.05, 0.1) is 13.2 Å². The maximum absolute atomic E-state index is 13.7. The number of fused-ring (bicyclic) bond motifs is 4. The zero-order chi connectivity index (χ0) is 21.6. The number of carbonyl (C=O) groups is 1. The van der Waals surface area contributed by atoms with Gasteiger partial charge in [-0.3, -0.25) is 14.6 Å². The van der Waals surface area contributed by atoms with Crippen molar-refractivity contribution < 1.29 is 14.3 Å². The highest BCUT2D eigenvalue weighted by Crippen LogP contribution is 2.52. The van der Waals surface area contributed by atoms with Crippen LogP contribution < -0.4 is 14.4 Å². The molecule has 3 aromatic rings. The second-order valence-corrected chi connectivity index (χ2v) is 8.24. The summed E-state index contributed by atoms with van der Waals surface area (Å²) in [5, 5.41) is 0.423. The van der Waals surface area contributed by atoms with Crippen molar-refractivity contribution >= 4 is 28.9 Å². The van der Waals surface area contributed by atoms with Gasteiger partial charge in [0.1, 0.15) is 0 Å². The lowest BCUT2D eigenvalue weighted by Gasteiger charge is -2.55. The largest absolute Gasteiger partial charge is 0.493 e. The highest BCUT2D eigenvalue weighted by atomic mass is 32.1. The molecule has 2 aliphatic rings. The molecule has 0 saturated carbocycles. The predicted octanol–water partition coefficient (Wildman–Crippen LogP) is 5.18. The quantitative estimate of drug-likeness (QED) is 0.536. The number of thiocarbonyl (C=S) groups is 1. The maximum atomic E-state index is 13.7. The molecule has 5 nitrogen and oxygen atoms in total. The highest BCUT2D eigenvalue weighted by molar-refractivity contribution is 7.80. The average molecular weight is 431 g/mol. The number of anilines is 1. The average Bonchev–Trinajstić information content (AvgIpc) is 2.79. The number of hydrogen-bond acceptors (Lipinski definition) is 4. The summed E-state index contributed by atoms with van der Waals surface area (Å²) in [6, 6.07) is 24.6. The Morgan fingerprint density at radius 2 is 1.71 bits per heavy atom. The number of hydrogen-bond donors (Lipinski definition) is 0. The fourth-order valence-electron chi connectivity index (χ4n) is 4.51. The second-order valence-electron chi connectivity index (χ2n) is 7.87. The van der Waals surface area contributed by atoms with Crippen molar-refractivity contribution in [3.63, 3.8) is 0 Å². The Hall–Kier alpha value is -3.38. The van der Waals surface area contributed by atoms with Crippen molar-refractivity contribution in [1.29, 1.82) is 0 Å². The Morgan fingerprint density at radius 1 is 1.03 bits per heavy atom. The van der Waals surface area contributed by atoms with Gasteiger partial charge in [-0.15, -0.1) is 0 Å². The zero-order valence-electron chi connectivity index (χ0n) is 17.3. The first-order chi connectivity index (χ1) is 15.0. The Balaban J connectivity index is 1.71. The molecular formula is C25H22N2O3S. The molecule has 5 rings (SSSR count). The van der Waals surface area contributed by atoms with E-state index in [4.69, 9.17) is 21.7 Å². The van der Waals surface area contributed by atoms with E-state index < -0.39 is 5.72 Å². The van der Waals surface area contributed by atoms with E-state index in [0.29, 0.717) is 28.6 Å². The molecule has 6 heteroatoms. The standard InChI is InChI=1S/C25H22N2O3S/c1-25-16-20(19-14-9-15-21(29-2)22(19)30-25)26(23(28)17-10-5-3-6-11-17)24(31)27(25)18-12-7-4-8-13-18/h3-15,20H,16H2,1-2H3. The van der Waals surface area contributed by atoms with Crippen LogP contribution in [0.2, 0.25) is 0 Å². The fraction of sp³-hybridized carbons (Fsp3) is 0.200. The van der Waals surface area contributed by atoms with E-state index in [1.807, 2.05) is 90.7 Å². The van der Waals surface area contributed by atoms with Gasteiger partial charge in [-0.25, -0.2) is 0 Å². The molecule has 3 aromatic carbocycles. The van der Waals surface area contributed by atoms with Gasteiger partial charge in [-0.05, 0) is 49.5 Å². The predicted molar refractivity (Wildman–Crippen MR) is 124 cm³/mol. The van der Waals surface area contributed by atoms with Crippen LogP contribution in [0, 0.1) is 0 Å². The van der Waals surface area contributed by atoms with Gasteiger partial charge in [-0.1, -0.05) is 48.5 Å². The number of ether oxygens (including phenoxy) is 2. The van der Waals surface area contributed by atoms with Crippen LogP contribution in [0.5, 0.6) is 11.5 Å². The first-order valence-corrected chi connectivity index (χ1v) is 10.6. The maximum Gasteiger partial charge on any atom is 0.260 e. The van der Waals surface area contributed by atoms with Crippen molar-refractivity contribution in [1.82, 2.24) is 4.90 Å². The molecule has 2 heterocycles. The van der Waals surface area contributed by atoms with Crippen molar-refractivity contribution in [3.8, 4) is 11.5 Å². The summed E-state index contributed by atoms with van der Waals surface area (Å²) < 4.78 is 12.2. The minimum atomic E-state index is -0.766. The topological polar surface area (TPSA) is 42.0 Å². The molecule has 2 aliphatic heterocycles. The molecule has 2 unspecified atom stereocenters. The van der Waals surface area contributed by atoms with Crippen LogP contribution in [-0.2, 0) is 0 Å². The van der Waals surface area contributed by atoms with E-state index in [-0.39, 0.29) is 11.9 Å². The number of amides is 1. The van der Waals surface area contributed by atoms with Gasteiger partial charge < -0.3 is 9.47 Å². The molecule has 1 saturated heterocycles. The Kier molecular flexibility index (Phi) is 4.67. The number of para-hydroxylation sites is 2. The lowest BCUT2D eigenvalue weighted by atomic mass is 9.88.